The molecule has 0 aromatic heterocycles. The van der Waals surface area contributed by atoms with E-state index in [9.17, 15) is 0 Å². The first-order valence-electron chi connectivity index (χ1n) is 6.34. The zero-order valence-corrected chi connectivity index (χ0v) is 10.2. The van der Waals surface area contributed by atoms with E-state index in [2.05, 4.69) is 24.8 Å². The van der Waals surface area contributed by atoms with E-state index in [0.29, 0.717) is 0 Å². The van der Waals surface area contributed by atoms with Crippen molar-refractivity contribution in [3.8, 4) is 0 Å². The van der Waals surface area contributed by atoms with Crippen LogP contribution in [0.15, 0.2) is 24.0 Å². The quantitative estimate of drug-likeness (QED) is 0.261. The zero-order chi connectivity index (χ0) is 11.2. The van der Waals surface area contributed by atoms with E-state index in [1.54, 1.807) is 0 Å². The molecule has 15 heavy (non-hydrogen) atoms. The molecule has 0 aliphatic heterocycles. The van der Waals surface area contributed by atoms with Gasteiger partial charge in [-0.1, -0.05) is 51.2 Å². The van der Waals surface area contributed by atoms with Crippen LogP contribution in [0, 0.1) is 6.58 Å². The second kappa shape index (κ2) is 13.3. The highest BCUT2D eigenvalue weighted by Gasteiger charge is 1.87. The first kappa shape index (κ1) is 14.3. The van der Waals surface area contributed by atoms with Gasteiger partial charge in [-0.05, 0) is 38.3 Å². The molecule has 0 saturated carbocycles. The second-order valence-corrected chi connectivity index (χ2v) is 3.98. The maximum atomic E-state index is 5.12. The maximum absolute atomic E-state index is 5.12. The Balaban J connectivity index is 3.06. The van der Waals surface area contributed by atoms with E-state index in [0.717, 1.165) is 12.8 Å². The molecule has 0 aromatic carbocycles. The summed E-state index contributed by atoms with van der Waals surface area (Å²) in [6.45, 7) is 7.38. The molecule has 0 spiro atoms. The number of hydrogen-bond acceptors (Lipinski definition) is 0. The third-order valence-electron chi connectivity index (χ3n) is 2.49. The van der Waals surface area contributed by atoms with Crippen LogP contribution in [-0.2, 0) is 0 Å². The van der Waals surface area contributed by atoms with Crippen molar-refractivity contribution in [2.24, 2.45) is 0 Å². The van der Waals surface area contributed by atoms with Crippen molar-refractivity contribution in [1.82, 2.24) is 0 Å². The molecule has 85 valence electrons. The Kier molecular flexibility index (Phi) is 12.6. The Morgan fingerprint density at radius 2 is 1.53 bits per heavy atom. The summed E-state index contributed by atoms with van der Waals surface area (Å²) >= 11 is 0. The Morgan fingerprint density at radius 1 is 0.867 bits per heavy atom. The molecule has 0 aliphatic rings. The highest BCUT2D eigenvalue weighted by molar-refractivity contribution is 4.85. The lowest BCUT2D eigenvalue weighted by Gasteiger charge is -1.97. The van der Waals surface area contributed by atoms with Crippen LogP contribution in [0.4, 0.5) is 0 Å². The minimum absolute atomic E-state index is 1.02. The molecule has 0 rings (SSSR count). The molecule has 1 radical (unpaired) electrons. The first-order valence-corrected chi connectivity index (χ1v) is 6.34. The van der Waals surface area contributed by atoms with Crippen molar-refractivity contribution in [3.63, 3.8) is 0 Å². The average Bonchev–Trinajstić information content (AvgIpc) is 2.26. The van der Waals surface area contributed by atoms with E-state index < -0.39 is 0 Å². The summed E-state index contributed by atoms with van der Waals surface area (Å²) in [4.78, 5) is 0. The molecule has 0 nitrogen and oxygen atoms in total. The van der Waals surface area contributed by atoms with Gasteiger partial charge >= 0.3 is 0 Å². The van der Waals surface area contributed by atoms with Crippen LogP contribution in [0.25, 0.3) is 0 Å². The van der Waals surface area contributed by atoms with Crippen molar-refractivity contribution in [2.75, 3.05) is 0 Å². The Bertz CT molecular complexity index is 182. The van der Waals surface area contributed by atoms with Gasteiger partial charge in [0.2, 0.25) is 0 Å². The predicted octanol–water partition coefficient (Wildman–Crippen LogP) is 5.22. The fraction of sp³-hybridized carbons (Fsp3) is 0.667. The molecule has 0 aromatic rings. The van der Waals surface area contributed by atoms with Crippen LogP contribution in [0.3, 0.4) is 0 Å². The topological polar surface area (TPSA) is 0 Å². The third-order valence-corrected chi connectivity index (χ3v) is 2.49. The highest BCUT2D eigenvalue weighted by atomic mass is 13.9. The van der Waals surface area contributed by atoms with Gasteiger partial charge in [0.05, 0.1) is 0 Å². The average molecular weight is 205 g/mol. The van der Waals surface area contributed by atoms with Gasteiger partial charge in [-0.25, -0.2) is 0 Å². The van der Waals surface area contributed by atoms with Crippen molar-refractivity contribution in [2.45, 2.75) is 64.7 Å². The monoisotopic (exact) mass is 205 g/mol. The highest BCUT2D eigenvalue weighted by Crippen LogP contribution is 2.07. The van der Waals surface area contributed by atoms with Crippen molar-refractivity contribution < 1.29 is 0 Å². The molecule has 0 heteroatoms. The summed E-state index contributed by atoms with van der Waals surface area (Å²) < 4.78 is 0. The molecule has 0 aliphatic carbocycles. The van der Waals surface area contributed by atoms with Crippen molar-refractivity contribution in [1.29, 1.82) is 0 Å². The van der Waals surface area contributed by atoms with Crippen LogP contribution >= 0.6 is 0 Å². The fourth-order valence-corrected chi connectivity index (χ4v) is 1.54. The van der Waals surface area contributed by atoms with Crippen molar-refractivity contribution in [3.05, 3.63) is 30.5 Å². The standard InChI is InChI=1S/C15H25/c1-3-5-7-9-11-13-15-14-12-10-8-6-4-2/h1,5,11,13H,4,6-10,12,14-15H2,2H3. The summed E-state index contributed by atoms with van der Waals surface area (Å²) in [7, 11) is 0. The van der Waals surface area contributed by atoms with Crippen molar-refractivity contribution >= 4 is 0 Å². The molecule has 0 unspecified atom stereocenters. The van der Waals surface area contributed by atoms with E-state index in [1.165, 1.54) is 44.9 Å². The summed E-state index contributed by atoms with van der Waals surface area (Å²) in [6.07, 6.45) is 18.1. The minimum atomic E-state index is 1.02. The van der Waals surface area contributed by atoms with Crippen LogP contribution in [-0.4, -0.2) is 0 Å². The molecule has 0 saturated heterocycles. The van der Waals surface area contributed by atoms with Crippen LogP contribution in [0.2, 0.25) is 0 Å². The first-order chi connectivity index (χ1) is 7.41. The number of hydrogen-bond donors (Lipinski definition) is 0. The Morgan fingerprint density at radius 3 is 2.27 bits per heavy atom. The van der Waals surface area contributed by atoms with Gasteiger partial charge in [-0.15, -0.1) is 5.73 Å². The maximum Gasteiger partial charge on any atom is -0.0126 e. The van der Waals surface area contributed by atoms with Gasteiger partial charge < -0.3 is 0 Å². The molecule has 0 heterocycles. The normalized spacial score (nSPS) is 10.5. The van der Waals surface area contributed by atoms with Gasteiger partial charge in [0.1, 0.15) is 0 Å². The number of rotatable bonds is 10. The van der Waals surface area contributed by atoms with Crippen LogP contribution < -0.4 is 0 Å². The predicted molar refractivity (Wildman–Crippen MR) is 68.8 cm³/mol. The summed E-state index contributed by atoms with van der Waals surface area (Å²) in [6, 6.07) is 0. The lowest BCUT2D eigenvalue weighted by atomic mass is 10.1. The van der Waals surface area contributed by atoms with E-state index >= 15 is 0 Å². The summed E-state index contributed by atoms with van der Waals surface area (Å²) in [5, 5.41) is 0. The third kappa shape index (κ3) is 13.3. The fourth-order valence-electron chi connectivity index (χ4n) is 1.54. The van der Waals surface area contributed by atoms with Gasteiger partial charge in [0, 0.05) is 0 Å². The number of unbranched alkanes of at least 4 members (excludes halogenated alkanes) is 7. The molecule has 0 atom stereocenters. The SMILES string of the molecule is [CH]=C=CCCC=CCCCCCCCC. The smallest absolute Gasteiger partial charge is 0.0126 e. The van der Waals surface area contributed by atoms with Crippen LogP contribution in [0.5, 0.6) is 0 Å². The molecular weight excluding hydrogens is 180 g/mol. The lowest BCUT2D eigenvalue weighted by molar-refractivity contribution is 0.611. The van der Waals surface area contributed by atoms with E-state index in [-0.39, 0.29) is 0 Å². The van der Waals surface area contributed by atoms with E-state index in [1.807, 2.05) is 6.08 Å². The summed E-state index contributed by atoms with van der Waals surface area (Å²) in [5.41, 5.74) is 2.54. The molecule has 0 fully saturated rings. The second-order valence-electron chi connectivity index (χ2n) is 3.98. The van der Waals surface area contributed by atoms with Gasteiger partial charge in [0.25, 0.3) is 0 Å². The Labute approximate surface area is 95.8 Å². The van der Waals surface area contributed by atoms with Gasteiger partial charge in [-0.2, -0.15) is 0 Å². The van der Waals surface area contributed by atoms with Gasteiger partial charge in [-0.3, -0.25) is 0 Å². The lowest BCUT2D eigenvalue weighted by Crippen LogP contribution is -1.77. The van der Waals surface area contributed by atoms with Gasteiger partial charge in [0.15, 0.2) is 0 Å². The Hall–Kier alpha value is -0.740. The molecule has 0 N–H and O–H groups in total. The number of allylic oxidation sites excluding steroid dienone is 3. The summed E-state index contributed by atoms with van der Waals surface area (Å²) in [5.74, 6) is 0. The minimum Gasteiger partial charge on any atom is -0.125 e. The van der Waals surface area contributed by atoms with Crippen LogP contribution in [0.1, 0.15) is 64.7 Å². The molecular formula is C15H25. The zero-order valence-electron chi connectivity index (χ0n) is 10.2. The molecule has 0 bridgehead atoms. The van der Waals surface area contributed by atoms with E-state index in [4.69, 9.17) is 6.58 Å². The molecule has 0 amide bonds. The largest absolute Gasteiger partial charge is 0.125 e.